The summed E-state index contributed by atoms with van der Waals surface area (Å²) in [5, 5.41) is 0. The second kappa shape index (κ2) is 8.43. The molecule has 0 saturated carbocycles. The average molecular weight is 362 g/mol. The van der Waals surface area contributed by atoms with Crippen LogP contribution in [0.15, 0.2) is 22.6 Å². The zero-order valence-electron chi connectivity index (χ0n) is 16.4. The van der Waals surface area contributed by atoms with E-state index >= 15 is 0 Å². The maximum absolute atomic E-state index is 12.4. The van der Waals surface area contributed by atoms with E-state index in [1.54, 1.807) is 24.1 Å². The Labute approximate surface area is 155 Å². The molecule has 1 atom stereocenters. The van der Waals surface area contributed by atoms with Gasteiger partial charge in [0, 0.05) is 32.8 Å². The molecule has 0 radical (unpaired) electrons. The van der Waals surface area contributed by atoms with Gasteiger partial charge in [-0.3, -0.25) is 4.79 Å². The van der Waals surface area contributed by atoms with E-state index in [0.717, 1.165) is 25.1 Å². The van der Waals surface area contributed by atoms with Crippen LogP contribution in [0.5, 0.6) is 0 Å². The van der Waals surface area contributed by atoms with Crippen molar-refractivity contribution in [3.05, 3.63) is 29.7 Å². The van der Waals surface area contributed by atoms with Gasteiger partial charge in [0.1, 0.15) is 17.1 Å². The SMILES string of the molecule is Cc1ccc(C=CC(=O)N2CCCC(CN(C)C(=O)OC(C)(C)C)C2)o1. The summed E-state index contributed by atoms with van der Waals surface area (Å²) in [5.74, 6) is 1.72. The van der Waals surface area contributed by atoms with E-state index < -0.39 is 5.60 Å². The minimum atomic E-state index is -0.505. The van der Waals surface area contributed by atoms with Crippen molar-refractivity contribution in [2.45, 2.75) is 46.1 Å². The van der Waals surface area contributed by atoms with E-state index in [-0.39, 0.29) is 17.9 Å². The largest absolute Gasteiger partial charge is 0.462 e. The quantitative estimate of drug-likeness (QED) is 0.766. The molecule has 2 rings (SSSR count). The molecule has 1 aromatic heterocycles. The monoisotopic (exact) mass is 362 g/mol. The first kappa shape index (κ1) is 20.1. The Morgan fingerprint density at radius 1 is 1.38 bits per heavy atom. The molecular weight excluding hydrogens is 332 g/mol. The number of amides is 2. The van der Waals surface area contributed by atoms with Crippen LogP contribution in [0.2, 0.25) is 0 Å². The van der Waals surface area contributed by atoms with Crippen LogP contribution in [0.1, 0.15) is 45.1 Å². The fourth-order valence-corrected chi connectivity index (χ4v) is 3.02. The smallest absolute Gasteiger partial charge is 0.410 e. The van der Waals surface area contributed by atoms with Gasteiger partial charge in [0.15, 0.2) is 0 Å². The molecule has 2 heterocycles. The number of piperidine rings is 1. The fraction of sp³-hybridized carbons (Fsp3) is 0.600. The summed E-state index contributed by atoms with van der Waals surface area (Å²) in [6.45, 7) is 9.40. The van der Waals surface area contributed by atoms with Crippen molar-refractivity contribution in [1.29, 1.82) is 0 Å². The molecular formula is C20H30N2O4. The number of nitrogens with zero attached hydrogens (tertiary/aromatic N) is 2. The van der Waals surface area contributed by atoms with Gasteiger partial charge < -0.3 is 19.0 Å². The predicted octanol–water partition coefficient (Wildman–Crippen LogP) is 3.71. The van der Waals surface area contributed by atoms with Crippen LogP contribution in [-0.2, 0) is 9.53 Å². The summed E-state index contributed by atoms with van der Waals surface area (Å²) in [4.78, 5) is 28.0. The molecule has 144 valence electrons. The molecule has 0 aromatic carbocycles. The van der Waals surface area contributed by atoms with Crippen LogP contribution < -0.4 is 0 Å². The molecule has 26 heavy (non-hydrogen) atoms. The van der Waals surface area contributed by atoms with Crippen molar-refractivity contribution in [2.24, 2.45) is 5.92 Å². The van der Waals surface area contributed by atoms with E-state index in [4.69, 9.17) is 9.15 Å². The Morgan fingerprint density at radius 2 is 2.12 bits per heavy atom. The molecule has 6 nitrogen and oxygen atoms in total. The van der Waals surface area contributed by atoms with Crippen LogP contribution in [0.4, 0.5) is 4.79 Å². The first-order valence-corrected chi connectivity index (χ1v) is 9.11. The number of ether oxygens (including phenoxy) is 1. The standard InChI is InChI=1S/C20H30N2O4/c1-15-8-9-17(25-15)10-11-18(23)22-12-6-7-16(14-22)13-21(5)19(24)26-20(2,3)4/h8-11,16H,6-7,12-14H2,1-5H3. The molecule has 1 fully saturated rings. The number of rotatable bonds is 4. The van der Waals surface area contributed by atoms with Crippen LogP contribution in [-0.4, -0.2) is 54.1 Å². The molecule has 0 N–H and O–H groups in total. The van der Waals surface area contributed by atoms with Crippen molar-refractivity contribution in [3.63, 3.8) is 0 Å². The molecule has 2 amide bonds. The van der Waals surface area contributed by atoms with Crippen molar-refractivity contribution >= 4 is 18.1 Å². The van der Waals surface area contributed by atoms with Crippen LogP contribution in [0.25, 0.3) is 6.08 Å². The third-order valence-electron chi connectivity index (χ3n) is 4.22. The molecule has 1 aliphatic rings. The van der Waals surface area contributed by atoms with Crippen molar-refractivity contribution < 1.29 is 18.7 Å². The maximum Gasteiger partial charge on any atom is 0.410 e. The summed E-state index contributed by atoms with van der Waals surface area (Å²) < 4.78 is 10.8. The summed E-state index contributed by atoms with van der Waals surface area (Å²) >= 11 is 0. The van der Waals surface area contributed by atoms with Gasteiger partial charge in [-0.15, -0.1) is 0 Å². The lowest BCUT2D eigenvalue weighted by molar-refractivity contribution is -0.127. The number of likely N-dealkylation sites (tertiary alicyclic amines) is 1. The van der Waals surface area contributed by atoms with E-state index in [1.165, 1.54) is 0 Å². The van der Waals surface area contributed by atoms with E-state index in [0.29, 0.717) is 18.8 Å². The van der Waals surface area contributed by atoms with Gasteiger partial charge in [-0.25, -0.2) is 4.79 Å². The lowest BCUT2D eigenvalue weighted by Crippen LogP contribution is -2.44. The van der Waals surface area contributed by atoms with Crippen molar-refractivity contribution in [1.82, 2.24) is 9.80 Å². The number of hydrogen-bond donors (Lipinski definition) is 0. The minimum absolute atomic E-state index is 0.0244. The zero-order valence-corrected chi connectivity index (χ0v) is 16.4. The number of furan rings is 1. The Hall–Kier alpha value is -2.24. The first-order valence-electron chi connectivity index (χ1n) is 9.11. The lowest BCUT2D eigenvalue weighted by Gasteiger charge is -2.34. The predicted molar refractivity (Wildman–Crippen MR) is 101 cm³/mol. The highest BCUT2D eigenvalue weighted by Crippen LogP contribution is 2.19. The van der Waals surface area contributed by atoms with Crippen molar-refractivity contribution in [2.75, 3.05) is 26.7 Å². The molecule has 1 unspecified atom stereocenters. The fourth-order valence-electron chi connectivity index (χ4n) is 3.02. The van der Waals surface area contributed by atoms with Crippen LogP contribution in [0, 0.1) is 12.8 Å². The second-order valence-electron chi connectivity index (χ2n) is 7.94. The molecule has 1 aliphatic heterocycles. The highest BCUT2D eigenvalue weighted by atomic mass is 16.6. The van der Waals surface area contributed by atoms with E-state index in [2.05, 4.69) is 0 Å². The van der Waals surface area contributed by atoms with E-state index in [9.17, 15) is 9.59 Å². The molecule has 6 heteroatoms. The Kier molecular flexibility index (Phi) is 6.51. The summed E-state index contributed by atoms with van der Waals surface area (Å²) in [6.07, 6.45) is 4.86. The van der Waals surface area contributed by atoms with Gasteiger partial charge in [-0.2, -0.15) is 0 Å². The van der Waals surface area contributed by atoms with Gasteiger partial charge in [0.05, 0.1) is 0 Å². The number of carbonyl (C=O) groups is 2. The number of carbonyl (C=O) groups excluding carboxylic acids is 2. The van der Waals surface area contributed by atoms with Gasteiger partial charge in [0.2, 0.25) is 5.91 Å². The highest BCUT2D eigenvalue weighted by Gasteiger charge is 2.26. The Bertz CT molecular complexity index is 657. The van der Waals surface area contributed by atoms with Crippen molar-refractivity contribution in [3.8, 4) is 0 Å². The maximum atomic E-state index is 12.4. The molecule has 0 spiro atoms. The number of hydrogen-bond acceptors (Lipinski definition) is 4. The Morgan fingerprint density at radius 3 is 2.73 bits per heavy atom. The van der Waals surface area contributed by atoms with E-state index in [1.807, 2.05) is 44.7 Å². The lowest BCUT2D eigenvalue weighted by atomic mass is 9.97. The molecule has 0 aliphatic carbocycles. The zero-order chi connectivity index (χ0) is 19.3. The summed E-state index contributed by atoms with van der Waals surface area (Å²) in [5.41, 5.74) is -0.505. The van der Waals surface area contributed by atoms with Gasteiger partial charge in [0.25, 0.3) is 0 Å². The first-order chi connectivity index (χ1) is 12.1. The molecule has 1 aromatic rings. The van der Waals surface area contributed by atoms with Gasteiger partial charge in [-0.05, 0) is 64.7 Å². The Balaban J connectivity index is 1.86. The van der Waals surface area contributed by atoms with Gasteiger partial charge in [-0.1, -0.05) is 0 Å². The second-order valence-corrected chi connectivity index (χ2v) is 7.94. The van der Waals surface area contributed by atoms with Crippen LogP contribution >= 0.6 is 0 Å². The third kappa shape index (κ3) is 6.24. The third-order valence-corrected chi connectivity index (χ3v) is 4.22. The highest BCUT2D eigenvalue weighted by molar-refractivity contribution is 5.91. The average Bonchev–Trinajstić information content (AvgIpc) is 2.96. The number of aryl methyl sites for hydroxylation is 1. The minimum Gasteiger partial charge on any atom is -0.462 e. The summed E-state index contributed by atoms with van der Waals surface area (Å²) in [6, 6.07) is 3.71. The van der Waals surface area contributed by atoms with Gasteiger partial charge >= 0.3 is 6.09 Å². The molecule has 0 bridgehead atoms. The topological polar surface area (TPSA) is 63.0 Å². The normalized spacial score (nSPS) is 18.2. The molecule has 1 saturated heterocycles. The summed E-state index contributed by atoms with van der Waals surface area (Å²) in [7, 11) is 1.74. The van der Waals surface area contributed by atoms with Crippen LogP contribution in [0.3, 0.4) is 0 Å².